The molecule has 1 atom stereocenters. The summed E-state index contributed by atoms with van der Waals surface area (Å²) in [6.07, 6.45) is 4.49. The van der Waals surface area contributed by atoms with Crippen LogP contribution in [-0.4, -0.2) is 56.1 Å². The van der Waals surface area contributed by atoms with Crippen LogP contribution in [0.3, 0.4) is 0 Å². The first-order valence-corrected chi connectivity index (χ1v) is 14.4. The van der Waals surface area contributed by atoms with Gasteiger partial charge in [0.15, 0.2) is 9.84 Å². The third-order valence-corrected chi connectivity index (χ3v) is 8.29. The van der Waals surface area contributed by atoms with Crippen molar-refractivity contribution in [1.29, 1.82) is 0 Å². The van der Waals surface area contributed by atoms with Gasteiger partial charge in [-0.3, -0.25) is 4.90 Å². The maximum atomic E-state index is 12.0. The SMILES string of the molecule is CS(=O)(=O)c1cccc(-c2ccc(C(/C=C(\N)CN3CCCC(O)C3)=Nc3ccccc3Cl)s2)c1. The van der Waals surface area contributed by atoms with Gasteiger partial charge < -0.3 is 10.8 Å². The van der Waals surface area contributed by atoms with Gasteiger partial charge in [0.25, 0.3) is 0 Å². The second kappa shape index (κ2) is 11.1. The van der Waals surface area contributed by atoms with E-state index in [0.717, 1.165) is 34.7 Å². The Morgan fingerprint density at radius 2 is 2.03 bits per heavy atom. The number of nitrogens with zero attached hydrogens (tertiary/aromatic N) is 2. The second-order valence-electron chi connectivity index (χ2n) is 8.66. The second-order valence-corrected chi connectivity index (χ2v) is 12.2. The van der Waals surface area contributed by atoms with E-state index >= 15 is 0 Å². The Morgan fingerprint density at radius 1 is 1.23 bits per heavy atom. The minimum Gasteiger partial charge on any atom is -0.401 e. The molecule has 35 heavy (non-hydrogen) atoms. The highest BCUT2D eigenvalue weighted by atomic mass is 35.5. The van der Waals surface area contributed by atoms with Gasteiger partial charge in [0.1, 0.15) is 0 Å². The zero-order chi connectivity index (χ0) is 25.0. The van der Waals surface area contributed by atoms with Crippen molar-refractivity contribution in [2.45, 2.75) is 23.8 Å². The molecule has 1 aliphatic rings. The number of nitrogens with two attached hydrogens (primary N) is 1. The van der Waals surface area contributed by atoms with E-state index in [-0.39, 0.29) is 11.0 Å². The van der Waals surface area contributed by atoms with Crippen LogP contribution in [0.4, 0.5) is 5.69 Å². The Kier molecular flexibility index (Phi) is 8.09. The Balaban J connectivity index is 1.69. The normalized spacial score (nSPS) is 18.1. The zero-order valence-corrected chi connectivity index (χ0v) is 21.8. The van der Waals surface area contributed by atoms with Crippen LogP contribution in [-0.2, 0) is 9.84 Å². The van der Waals surface area contributed by atoms with Crippen LogP contribution < -0.4 is 5.73 Å². The third-order valence-electron chi connectivity index (χ3n) is 5.71. The Morgan fingerprint density at radius 3 is 2.77 bits per heavy atom. The van der Waals surface area contributed by atoms with Gasteiger partial charge in [-0.2, -0.15) is 0 Å². The summed E-state index contributed by atoms with van der Waals surface area (Å²) in [7, 11) is -3.30. The van der Waals surface area contributed by atoms with E-state index in [1.165, 1.54) is 17.6 Å². The number of sulfone groups is 1. The number of benzene rings is 2. The molecule has 1 aliphatic heterocycles. The van der Waals surface area contributed by atoms with Gasteiger partial charge in [0.05, 0.1) is 32.3 Å². The van der Waals surface area contributed by atoms with Crippen LogP contribution in [0.2, 0.25) is 5.02 Å². The summed E-state index contributed by atoms with van der Waals surface area (Å²) in [6, 6.07) is 18.2. The number of aliphatic hydroxyl groups excluding tert-OH is 1. The molecule has 0 saturated carbocycles. The van der Waals surface area contributed by atoms with E-state index in [1.807, 2.05) is 42.5 Å². The summed E-state index contributed by atoms with van der Waals surface area (Å²) in [5.74, 6) is 0. The highest BCUT2D eigenvalue weighted by Gasteiger charge is 2.18. The van der Waals surface area contributed by atoms with Crippen molar-refractivity contribution < 1.29 is 13.5 Å². The van der Waals surface area contributed by atoms with E-state index in [0.29, 0.717) is 35.2 Å². The monoisotopic (exact) mass is 529 g/mol. The first kappa shape index (κ1) is 25.6. The Labute approximate surface area is 215 Å². The van der Waals surface area contributed by atoms with Gasteiger partial charge in [-0.25, -0.2) is 13.4 Å². The fourth-order valence-corrected chi connectivity index (χ4v) is 5.80. The zero-order valence-electron chi connectivity index (χ0n) is 19.4. The predicted molar refractivity (Wildman–Crippen MR) is 144 cm³/mol. The minimum absolute atomic E-state index is 0.280. The molecule has 0 aliphatic carbocycles. The van der Waals surface area contributed by atoms with E-state index in [9.17, 15) is 13.5 Å². The predicted octanol–water partition coefficient (Wildman–Crippen LogP) is 4.89. The van der Waals surface area contributed by atoms with E-state index < -0.39 is 9.84 Å². The number of rotatable bonds is 7. The maximum Gasteiger partial charge on any atom is 0.175 e. The van der Waals surface area contributed by atoms with Crippen LogP contribution in [0.25, 0.3) is 10.4 Å². The number of para-hydroxylation sites is 1. The van der Waals surface area contributed by atoms with Crippen molar-refractivity contribution in [2.24, 2.45) is 10.7 Å². The molecular weight excluding hydrogens is 502 g/mol. The van der Waals surface area contributed by atoms with Crippen molar-refractivity contribution in [1.82, 2.24) is 4.90 Å². The van der Waals surface area contributed by atoms with Gasteiger partial charge in [-0.05, 0) is 67.4 Å². The number of halogens is 1. The summed E-state index contributed by atoms with van der Waals surface area (Å²) in [4.78, 5) is 9.04. The molecule has 4 rings (SSSR count). The largest absolute Gasteiger partial charge is 0.401 e. The van der Waals surface area contributed by atoms with Gasteiger partial charge in [0.2, 0.25) is 0 Å². The molecular formula is C26H28ClN3O3S2. The lowest BCUT2D eigenvalue weighted by Gasteiger charge is -2.29. The molecule has 3 N–H and O–H groups in total. The fourth-order valence-electron chi connectivity index (χ4n) is 4.00. The summed E-state index contributed by atoms with van der Waals surface area (Å²) >= 11 is 7.88. The summed E-state index contributed by atoms with van der Waals surface area (Å²) in [6.45, 7) is 2.03. The summed E-state index contributed by atoms with van der Waals surface area (Å²) < 4.78 is 24.0. The van der Waals surface area contributed by atoms with Crippen molar-refractivity contribution in [3.05, 3.63) is 82.3 Å². The van der Waals surface area contributed by atoms with Crippen molar-refractivity contribution in [3.63, 3.8) is 0 Å². The van der Waals surface area contributed by atoms with Crippen molar-refractivity contribution in [2.75, 3.05) is 25.9 Å². The number of piperidine rings is 1. The van der Waals surface area contributed by atoms with Crippen LogP contribution in [0, 0.1) is 0 Å². The van der Waals surface area contributed by atoms with Gasteiger partial charge >= 0.3 is 0 Å². The molecule has 1 saturated heterocycles. The molecule has 3 aromatic rings. The number of aliphatic hydroxyl groups is 1. The lowest BCUT2D eigenvalue weighted by atomic mass is 10.1. The average Bonchev–Trinajstić information content (AvgIpc) is 3.30. The fraction of sp³-hybridized carbons (Fsp3) is 0.269. The van der Waals surface area contributed by atoms with Crippen molar-refractivity contribution >= 4 is 44.2 Å². The number of β-amino-alcohol motifs (C(OH)–C–C–N with tert-alkyl or cyclic N) is 1. The van der Waals surface area contributed by atoms with Gasteiger partial charge in [-0.1, -0.05) is 35.9 Å². The number of hydrogen-bond donors (Lipinski definition) is 2. The molecule has 0 bridgehead atoms. The molecule has 0 amide bonds. The number of hydrogen-bond acceptors (Lipinski definition) is 7. The highest BCUT2D eigenvalue weighted by molar-refractivity contribution is 7.90. The molecule has 1 fully saturated rings. The summed E-state index contributed by atoms with van der Waals surface area (Å²) in [5, 5.41) is 10.5. The molecule has 184 valence electrons. The quantitative estimate of drug-likeness (QED) is 0.425. The van der Waals surface area contributed by atoms with Crippen molar-refractivity contribution in [3.8, 4) is 10.4 Å². The minimum atomic E-state index is -3.30. The highest BCUT2D eigenvalue weighted by Crippen LogP contribution is 2.32. The smallest absolute Gasteiger partial charge is 0.175 e. The van der Waals surface area contributed by atoms with Crippen LogP contribution in [0.5, 0.6) is 0 Å². The molecule has 1 aromatic heterocycles. The van der Waals surface area contributed by atoms with E-state index in [4.69, 9.17) is 22.3 Å². The number of likely N-dealkylation sites (tertiary alicyclic amines) is 1. The van der Waals surface area contributed by atoms with Gasteiger partial charge in [-0.15, -0.1) is 11.3 Å². The molecule has 6 nitrogen and oxygen atoms in total. The van der Waals surface area contributed by atoms with Gasteiger partial charge in [0, 0.05) is 29.9 Å². The standard InChI is InChI=1S/C26H28ClN3O3S2/c1-35(32,33)21-8-4-6-18(14-21)25-11-12-26(34-25)24(29-23-10-3-2-9-22(23)27)15-19(28)16-30-13-5-7-20(31)17-30/h2-4,6,8-12,14-15,20,31H,5,7,13,16-17,28H2,1H3/b19-15-,29-24?. The molecule has 9 heteroatoms. The third kappa shape index (κ3) is 6.80. The number of aliphatic imine (C=N–C) groups is 1. The molecule has 1 unspecified atom stereocenters. The topological polar surface area (TPSA) is 96.0 Å². The van der Waals surface area contributed by atoms with Crippen LogP contribution in [0.15, 0.2) is 82.3 Å². The molecule has 0 radical (unpaired) electrons. The number of allylic oxidation sites excluding steroid dienone is 1. The first-order chi connectivity index (χ1) is 16.7. The summed E-state index contributed by atoms with van der Waals surface area (Å²) in [5.41, 5.74) is 9.19. The number of thiophene rings is 1. The van der Waals surface area contributed by atoms with Crippen LogP contribution in [0.1, 0.15) is 17.7 Å². The Bertz CT molecular complexity index is 1370. The maximum absolute atomic E-state index is 12.0. The molecule has 2 heterocycles. The molecule has 0 spiro atoms. The van der Waals surface area contributed by atoms with E-state index in [1.54, 1.807) is 24.3 Å². The Hall–Kier alpha value is -2.49. The van der Waals surface area contributed by atoms with E-state index in [2.05, 4.69) is 4.90 Å². The molecule has 2 aromatic carbocycles. The lowest BCUT2D eigenvalue weighted by molar-refractivity contribution is 0.0756. The lowest BCUT2D eigenvalue weighted by Crippen LogP contribution is -2.40. The first-order valence-electron chi connectivity index (χ1n) is 11.3. The average molecular weight is 530 g/mol. The van der Waals surface area contributed by atoms with Crippen LogP contribution >= 0.6 is 22.9 Å².